The van der Waals surface area contributed by atoms with E-state index in [-0.39, 0.29) is 12.0 Å². The third-order valence-corrected chi connectivity index (χ3v) is 4.94. The average Bonchev–Trinajstić information content (AvgIpc) is 3.29. The summed E-state index contributed by atoms with van der Waals surface area (Å²) in [6.07, 6.45) is 8.70. The summed E-state index contributed by atoms with van der Waals surface area (Å²) in [6.45, 7) is 2.09. The largest absolute Gasteiger partial charge is 0.382 e. The van der Waals surface area contributed by atoms with Crippen LogP contribution in [-0.2, 0) is 4.79 Å². The van der Waals surface area contributed by atoms with Gasteiger partial charge in [-0.3, -0.25) is 9.48 Å². The molecule has 24 heavy (non-hydrogen) atoms. The van der Waals surface area contributed by atoms with Crippen LogP contribution in [0.3, 0.4) is 0 Å². The highest BCUT2D eigenvalue weighted by molar-refractivity contribution is 5.93. The lowest BCUT2D eigenvalue weighted by Gasteiger charge is -2.21. The highest BCUT2D eigenvalue weighted by atomic mass is 16.1. The first kappa shape index (κ1) is 14.9. The number of anilines is 1. The molecule has 0 bridgehead atoms. The number of H-pyrrole nitrogens is 1. The molecule has 0 aliphatic heterocycles. The lowest BCUT2D eigenvalue weighted by atomic mass is 9.95. The predicted molar refractivity (Wildman–Crippen MR) is 91.2 cm³/mol. The number of carbonyl (C=O) groups is 1. The van der Waals surface area contributed by atoms with Crippen LogP contribution in [0.25, 0.3) is 22.3 Å². The van der Waals surface area contributed by atoms with Gasteiger partial charge in [-0.25, -0.2) is 9.97 Å². The molecule has 3 heterocycles. The van der Waals surface area contributed by atoms with Gasteiger partial charge in [-0.05, 0) is 25.3 Å². The highest BCUT2D eigenvalue weighted by Gasteiger charge is 2.33. The van der Waals surface area contributed by atoms with Crippen LogP contribution < -0.4 is 5.73 Å². The van der Waals surface area contributed by atoms with E-state index in [4.69, 9.17) is 5.73 Å². The van der Waals surface area contributed by atoms with Crippen molar-refractivity contribution in [2.24, 2.45) is 5.92 Å². The predicted octanol–water partition coefficient (Wildman–Crippen LogP) is 2.72. The van der Waals surface area contributed by atoms with Crippen LogP contribution in [0, 0.1) is 5.92 Å². The second kappa shape index (κ2) is 5.74. The first-order valence-electron chi connectivity index (χ1n) is 8.34. The molecule has 1 aliphatic carbocycles. The molecule has 7 heteroatoms. The summed E-state index contributed by atoms with van der Waals surface area (Å²) in [6, 6.07) is 1.98. The quantitative estimate of drug-likeness (QED) is 0.768. The molecule has 124 valence electrons. The van der Waals surface area contributed by atoms with E-state index in [0.29, 0.717) is 18.0 Å². The number of fused-ring (bicyclic) bond motifs is 1. The van der Waals surface area contributed by atoms with Crippen LogP contribution in [0.4, 0.5) is 5.82 Å². The van der Waals surface area contributed by atoms with Gasteiger partial charge in [-0.1, -0.05) is 6.92 Å². The van der Waals surface area contributed by atoms with Crippen molar-refractivity contribution in [2.75, 3.05) is 5.73 Å². The number of rotatable bonds is 4. The van der Waals surface area contributed by atoms with Crippen LogP contribution >= 0.6 is 0 Å². The summed E-state index contributed by atoms with van der Waals surface area (Å²) in [7, 11) is 0. The topological polar surface area (TPSA) is 102 Å². The van der Waals surface area contributed by atoms with Crippen molar-refractivity contribution in [3.8, 4) is 11.3 Å². The molecular weight excluding hydrogens is 304 g/mol. The van der Waals surface area contributed by atoms with Crippen LogP contribution in [0.15, 0.2) is 24.8 Å². The number of nitrogens with zero attached hydrogens (tertiary/aromatic N) is 4. The van der Waals surface area contributed by atoms with Crippen LogP contribution in [0.5, 0.6) is 0 Å². The van der Waals surface area contributed by atoms with E-state index >= 15 is 0 Å². The molecule has 0 spiro atoms. The van der Waals surface area contributed by atoms with Gasteiger partial charge in [0, 0.05) is 30.1 Å². The Kier molecular flexibility index (Phi) is 3.55. The van der Waals surface area contributed by atoms with Crippen molar-refractivity contribution in [3.05, 3.63) is 24.8 Å². The molecule has 4 rings (SSSR count). The zero-order chi connectivity index (χ0) is 16.7. The fraction of sp³-hybridized carbons (Fsp3) is 0.412. The van der Waals surface area contributed by atoms with Crippen molar-refractivity contribution in [3.63, 3.8) is 0 Å². The minimum absolute atomic E-state index is 0.0415. The fourth-order valence-corrected chi connectivity index (χ4v) is 3.75. The van der Waals surface area contributed by atoms with E-state index in [2.05, 4.69) is 27.0 Å². The van der Waals surface area contributed by atoms with Crippen LogP contribution in [-0.4, -0.2) is 30.5 Å². The number of nitrogens with one attached hydrogen (secondary N) is 1. The molecule has 0 amide bonds. The van der Waals surface area contributed by atoms with Gasteiger partial charge in [0.25, 0.3) is 0 Å². The summed E-state index contributed by atoms with van der Waals surface area (Å²) >= 11 is 0. The molecule has 3 N–H and O–H groups in total. The van der Waals surface area contributed by atoms with Gasteiger partial charge in [0.1, 0.15) is 17.8 Å². The molecule has 7 nitrogen and oxygen atoms in total. The number of nitrogens with two attached hydrogens (primary N) is 1. The number of hydrogen-bond acceptors (Lipinski definition) is 5. The van der Waals surface area contributed by atoms with Gasteiger partial charge < -0.3 is 10.7 Å². The lowest BCUT2D eigenvalue weighted by Crippen LogP contribution is -2.22. The number of ketones is 1. The number of nitrogen functional groups attached to an aromatic ring is 1. The molecule has 2 unspecified atom stereocenters. The number of aromatic nitrogens is 5. The summed E-state index contributed by atoms with van der Waals surface area (Å²) in [4.78, 5) is 23.8. The summed E-state index contributed by atoms with van der Waals surface area (Å²) in [5.41, 5.74) is 8.49. The van der Waals surface area contributed by atoms with Gasteiger partial charge in [0.15, 0.2) is 5.82 Å². The van der Waals surface area contributed by atoms with Crippen LogP contribution in [0.2, 0.25) is 0 Å². The molecule has 0 saturated heterocycles. The maximum absolute atomic E-state index is 12.2. The Morgan fingerprint density at radius 3 is 3.08 bits per heavy atom. The fourth-order valence-electron chi connectivity index (χ4n) is 3.75. The van der Waals surface area contributed by atoms with Crippen molar-refractivity contribution in [1.29, 1.82) is 0 Å². The smallest absolute Gasteiger partial charge is 0.154 e. The van der Waals surface area contributed by atoms with Crippen molar-refractivity contribution >= 4 is 22.6 Å². The van der Waals surface area contributed by atoms with E-state index < -0.39 is 0 Å². The van der Waals surface area contributed by atoms with E-state index in [9.17, 15) is 4.79 Å². The molecule has 3 aromatic heterocycles. The number of hydrogen-bond donors (Lipinski definition) is 2. The minimum Gasteiger partial charge on any atom is -0.382 e. The lowest BCUT2D eigenvalue weighted by molar-refractivity contribution is -0.122. The van der Waals surface area contributed by atoms with Gasteiger partial charge in [-0.15, -0.1) is 0 Å². The monoisotopic (exact) mass is 324 g/mol. The maximum atomic E-state index is 12.2. The Hall–Kier alpha value is -2.70. The van der Waals surface area contributed by atoms with Gasteiger partial charge in [0.2, 0.25) is 0 Å². The summed E-state index contributed by atoms with van der Waals surface area (Å²) in [5.74, 6) is 0.812. The van der Waals surface area contributed by atoms with E-state index in [1.54, 1.807) is 0 Å². The van der Waals surface area contributed by atoms with E-state index in [1.807, 2.05) is 23.1 Å². The Morgan fingerprint density at radius 2 is 2.33 bits per heavy atom. The second-order valence-corrected chi connectivity index (χ2v) is 6.31. The molecule has 1 saturated carbocycles. The normalized spacial score (nSPS) is 19.2. The molecule has 0 radical (unpaired) electrons. The van der Waals surface area contributed by atoms with Gasteiger partial charge in [-0.2, -0.15) is 5.10 Å². The molecule has 3 aromatic rings. The zero-order valence-electron chi connectivity index (χ0n) is 13.6. The van der Waals surface area contributed by atoms with Crippen LogP contribution in [0.1, 0.15) is 38.6 Å². The van der Waals surface area contributed by atoms with E-state index in [1.165, 1.54) is 6.33 Å². The minimum atomic E-state index is 0.0415. The molecule has 2 atom stereocenters. The number of Topliss-reactive ketones (excluding diaryl/α,β-unsaturated/α-hetero) is 1. The van der Waals surface area contributed by atoms with E-state index in [0.717, 1.165) is 41.6 Å². The third-order valence-electron chi connectivity index (χ3n) is 4.94. The SMILES string of the molecule is CCC(C1CCCC1=O)n1cc(-c2ncnc3[nH]ccc23)c(N)n1. The summed E-state index contributed by atoms with van der Waals surface area (Å²) < 4.78 is 1.86. The second-order valence-electron chi connectivity index (χ2n) is 6.31. The average molecular weight is 324 g/mol. The number of carbonyl (C=O) groups excluding carboxylic acids is 1. The standard InChI is InChI=1S/C17H20N6O/c1-2-13(10-4-3-5-14(10)24)23-8-12(16(18)22-23)15-11-6-7-19-17(11)21-9-20-15/h6-10,13H,2-5H2,1H3,(H2,18,22)(H,19,20,21). The first-order chi connectivity index (χ1) is 11.7. The maximum Gasteiger partial charge on any atom is 0.154 e. The highest BCUT2D eigenvalue weighted by Crippen LogP contribution is 2.36. The zero-order valence-corrected chi connectivity index (χ0v) is 13.6. The Morgan fingerprint density at radius 1 is 1.46 bits per heavy atom. The van der Waals surface area contributed by atoms with Gasteiger partial charge >= 0.3 is 0 Å². The Bertz CT molecular complexity index is 896. The molecule has 1 fully saturated rings. The molecule has 1 aliphatic rings. The molecular formula is C17H20N6O. The third kappa shape index (κ3) is 2.28. The number of aromatic amines is 1. The van der Waals surface area contributed by atoms with Crippen molar-refractivity contribution < 1.29 is 4.79 Å². The molecule has 0 aromatic carbocycles. The summed E-state index contributed by atoms with van der Waals surface area (Å²) in [5, 5.41) is 5.41. The van der Waals surface area contributed by atoms with Crippen molar-refractivity contribution in [1.82, 2.24) is 24.7 Å². The Labute approximate surface area is 139 Å². The Balaban J connectivity index is 1.77. The van der Waals surface area contributed by atoms with Gasteiger partial charge in [0.05, 0.1) is 17.3 Å². The van der Waals surface area contributed by atoms with Crippen molar-refractivity contribution in [2.45, 2.75) is 38.6 Å². The first-order valence-corrected chi connectivity index (χ1v) is 8.34.